The molecule has 1 aromatic rings. The van der Waals surface area contributed by atoms with Crippen LogP contribution in [0.25, 0.3) is 0 Å². The van der Waals surface area contributed by atoms with Crippen LogP contribution in [0.5, 0.6) is 0 Å². The van der Waals surface area contributed by atoms with Gasteiger partial charge in [0.2, 0.25) is 5.78 Å². The molecule has 0 spiro atoms. The SMILES string of the molecule is Cc1nc(CC(=O)C(F)(F)C(F)(F)F)sc1C. The van der Waals surface area contributed by atoms with Gasteiger partial charge >= 0.3 is 12.1 Å². The van der Waals surface area contributed by atoms with Gasteiger partial charge in [-0.15, -0.1) is 11.3 Å². The van der Waals surface area contributed by atoms with Crippen LogP contribution in [0, 0.1) is 13.8 Å². The topological polar surface area (TPSA) is 30.0 Å². The van der Waals surface area contributed by atoms with Gasteiger partial charge in [-0.25, -0.2) is 4.98 Å². The van der Waals surface area contributed by atoms with Gasteiger partial charge in [0, 0.05) is 4.88 Å². The van der Waals surface area contributed by atoms with E-state index in [4.69, 9.17) is 0 Å². The lowest BCUT2D eigenvalue weighted by Crippen LogP contribution is -2.44. The van der Waals surface area contributed by atoms with Crippen LogP contribution in [0.2, 0.25) is 0 Å². The van der Waals surface area contributed by atoms with E-state index in [1.165, 1.54) is 0 Å². The zero-order valence-corrected chi connectivity index (χ0v) is 9.68. The van der Waals surface area contributed by atoms with Crippen molar-refractivity contribution in [3.8, 4) is 0 Å². The Morgan fingerprint density at radius 2 is 1.76 bits per heavy atom. The number of carbonyl (C=O) groups is 1. The fraction of sp³-hybridized carbons (Fsp3) is 0.556. The lowest BCUT2D eigenvalue weighted by molar-refractivity contribution is -0.268. The predicted molar refractivity (Wildman–Crippen MR) is 51.3 cm³/mol. The summed E-state index contributed by atoms with van der Waals surface area (Å²) in [7, 11) is 0. The zero-order valence-electron chi connectivity index (χ0n) is 8.86. The molecule has 0 saturated carbocycles. The molecule has 2 nitrogen and oxygen atoms in total. The molecule has 0 unspecified atom stereocenters. The summed E-state index contributed by atoms with van der Waals surface area (Å²) in [5.41, 5.74) is 0.521. The molecule has 0 aromatic carbocycles. The smallest absolute Gasteiger partial charge is 0.292 e. The van der Waals surface area contributed by atoms with Gasteiger partial charge in [0.05, 0.1) is 12.1 Å². The lowest BCUT2D eigenvalue weighted by atomic mass is 10.1. The normalized spacial score (nSPS) is 12.9. The quantitative estimate of drug-likeness (QED) is 0.792. The van der Waals surface area contributed by atoms with Crippen molar-refractivity contribution in [1.29, 1.82) is 0 Å². The van der Waals surface area contributed by atoms with Crippen LogP contribution in [-0.4, -0.2) is 22.9 Å². The number of Topliss-reactive ketones (excluding diaryl/α,β-unsaturated/α-hetero) is 1. The fourth-order valence-corrected chi connectivity index (χ4v) is 1.95. The van der Waals surface area contributed by atoms with E-state index in [1.54, 1.807) is 13.8 Å². The van der Waals surface area contributed by atoms with E-state index < -0.39 is 24.3 Å². The molecule has 0 saturated heterocycles. The monoisotopic (exact) mass is 273 g/mol. The Morgan fingerprint density at radius 1 is 1.24 bits per heavy atom. The molecule has 0 fully saturated rings. The van der Waals surface area contributed by atoms with Crippen LogP contribution in [0.15, 0.2) is 0 Å². The molecule has 0 N–H and O–H groups in total. The summed E-state index contributed by atoms with van der Waals surface area (Å²) in [6.07, 6.45) is -6.86. The molecule has 0 amide bonds. The maximum Gasteiger partial charge on any atom is 0.461 e. The van der Waals surface area contributed by atoms with Crippen molar-refractivity contribution in [2.24, 2.45) is 0 Å². The molecular formula is C9H8F5NOS. The number of hydrogen-bond donors (Lipinski definition) is 0. The second kappa shape index (κ2) is 4.32. The Morgan fingerprint density at radius 3 is 2.12 bits per heavy atom. The van der Waals surface area contributed by atoms with Gasteiger partial charge in [-0.3, -0.25) is 4.79 Å². The Labute approximate surface area is 97.5 Å². The third-order valence-corrected chi connectivity index (χ3v) is 3.16. The molecule has 1 rings (SSSR count). The van der Waals surface area contributed by atoms with E-state index in [0.29, 0.717) is 10.6 Å². The number of alkyl halides is 5. The molecule has 0 aliphatic carbocycles. The number of aryl methyl sites for hydroxylation is 2. The largest absolute Gasteiger partial charge is 0.461 e. The molecule has 0 radical (unpaired) electrons. The summed E-state index contributed by atoms with van der Waals surface area (Å²) < 4.78 is 60.9. The first-order valence-electron chi connectivity index (χ1n) is 4.46. The summed E-state index contributed by atoms with van der Waals surface area (Å²) >= 11 is 0.937. The maximum atomic E-state index is 12.6. The van der Waals surface area contributed by atoms with Crippen LogP contribution in [0.1, 0.15) is 15.6 Å². The summed E-state index contributed by atoms with van der Waals surface area (Å²) in [5, 5.41) is -0.0334. The minimum atomic E-state index is -5.86. The average molecular weight is 273 g/mol. The molecule has 8 heteroatoms. The lowest BCUT2D eigenvalue weighted by Gasteiger charge is -2.17. The second-order valence-corrected chi connectivity index (χ2v) is 4.71. The average Bonchev–Trinajstić information content (AvgIpc) is 2.43. The number of hydrogen-bond acceptors (Lipinski definition) is 3. The molecule has 0 bridgehead atoms. The summed E-state index contributed by atoms with van der Waals surface area (Å²) in [4.78, 5) is 15.3. The number of aromatic nitrogens is 1. The minimum Gasteiger partial charge on any atom is -0.292 e. The van der Waals surface area contributed by atoms with Gasteiger partial charge in [-0.05, 0) is 13.8 Å². The third-order valence-electron chi connectivity index (χ3n) is 2.09. The first-order chi connectivity index (χ1) is 7.55. The Kier molecular flexibility index (Phi) is 3.56. The molecule has 0 atom stereocenters. The number of thiazole rings is 1. The van der Waals surface area contributed by atoms with E-state index >= 15 is 0 Å². The molecule has 1 aromatic heterocycles. The van der Waals surface area contributed by atoms with Crippen LogP contribution < -0.4 is 0 Å². The molecule has 0 aliphatic heterocycles. The minimum absolute atomic E-state index is 0.0334. The number of rotatable bonds is 3. The van der Waals surface area contributed by atoms with Gasteiger partial charge in [0.25, 0.3) is 0 Å². The summed E-state index contributed by atoms with van der Waals surface area (Å²) in [6.45, 7) is 3.23. The molecule has 1 heterocycles. The Bertz CT molecular complexity index is 418. The molecule has 17 heavy (non-hydrogen) atoms. The van der Waals surface area contributed by atoms with E-state index in [0.717, 1.165) is 11.3 Å². The summed E-state index contributed by atoms with van der Waals surface area (Å²) in [5.74, 6) is -7.50. The van der Waals surface area contributed by atoms with Crippen molar-refractivity contribution >= 4 is 17.1 Å². The summed E-state index contributed by atoms with van der Waals surface area (Å²) in [6, 6.07) is 0. The van der Waals surface area contributed by atoms with Crippen molar-refractivity contribution < 1.29 is 26.7 Å². The van der Waals surface area contributed by atoms with Gasteiger partial charge in [0.15, 0.2) is 0 Å². The van der Waals surface area contributed by atoms with Crippen molar-refractivity contribution in [3.05, 3.63) is 15.6 Å². The van der Waals surface area contributed by atoms with Crippen LogP contribution >= 0.6 is 11.3 Å². The van der Waals surface area contributed by atoms with Gasteiger partial charge in [0.1, 0.15) is 5.01 Å². The van der Waals surface area contributed by atoms with E-state index in [1.807, 2.05) is 0 Å². The number of carbonyl (C=O) groups excluding carboxylic acids is 1. The number of ketones is 1. The zero-order chi connectivity index (χ0) is 13.4. The third kappa shape index (κ3) is 2.80. The molecular weight excluding hydrogens is 265 g/mol. The van der Waals surface area contributed by atoms with Crippen molar-refractivity contribution in [2.75, 3.05) is 0 Å². The van der Waals surface area contributed by atoms with E-state index in [2.05, 4.69) is 4.98 Å². The number of nitrogens with zero attached hydrogens (tertiary/aromatic N) is 1. The van der Waals surface area contributed by atoms with Crippen LogP contribution in [-0.2, 0) is 11.2 Å². The maximum absolute atomic E-state index is 12.6. The van der Waals surface area contributed by atoms with E-state index in [9.17, 15) is 26.7 Å². The predicted octanol–water partition coefficient (Wildman–Crippen LogP) is 3.07. The standard InChI is InChI=1S/C9H8F5NOS/c1-4-5(2)17-7(15-4)3-6(16)8(10,11)9(12,13)14/h3H2,1-2H3. The molecule has 0 aliphatic rings. The van der Waals surface area contributed by atoms with E-state index in [-0.39, 0.29) is 5.01 Å². The highest BCUT2D eigenvalue weighted by Gasteiger charge is 2.62. The second-order valence-electron chi connectivity index (χ2n) is 3.42. The first kappa shape index (κ1) is 14.0. The van der Waals surface area contributed by atoms with Crippen molar-refractivity contribution in [1.82, 2.24) is 4.98 Å². The number of halogens is 5. The van der Waals surface area contributed by atoms with Crippen molar-refractivity contribution in [2.45, 2.75) is 32.4 Å². The highest BCUT2D eigenvalue weighted by Crippen LogP contribution is 2.37. The van der Waals surface area contributed by atoms with Crippen molar-refractivity contribution in [3.63, 3.8) is 0 Å². The van der Waals surface area contributed by atoms with Gasteiger partial charge in [-0.2, -0.15) is 22.0 Å². The fourth-order valence-electron chi connectivity index (χ4n) is 1.02. The van der Waals surface area contributed by atoms with Gasteiger partial charge < -0.3 is 0 Å². The molecule has 96 valence electrons. The van der Waals surface area contributed by atoms with Crippen LogP contribution in [0.3, 0.4) is 0 Å². The highest BCUT2D eigenvalue weighted by atomic mass is 32.1. The van der Waals surface area contributed by atoms with Crippen LogP contribution in [0.4, 0.5) is 22.0 Å². The Balaban J connectivity index is 2.86. The van der Waals surface area contributed by atoms with Gasteiger partial charge in [-0.1, -0.05) is 0 Å². The Hall–Kier alpha value is -1.05. The highest BCUT2D eigenvalue weighted by molar-refractivity contribution is 7.11. The first-order valence-corrected chi connectivity index (χ1v) is 5.28.